The first-order chi connectivity index (χ1) is 18.4. The Balaban J connectivity index is 1.64. The van der Waals surface area contributed by atoms with Crippen LogP contribution in [0.15, 0.2) is 95.3 Å². The van der Waals surface area contributed by atoms with Gasteiger partial charge in [-0.15, -0.1) is 0 Å². The summed E-state index contributed by atoms with van der Waals surface area (Å²) in [6, 6.07) is 21.4. The molecule has 1 aliphatic heterocycles. The molecular weight excluding hydrogens is 483 g/mol. The van der Waals surface area contributed by atoms with E-state index >= 15 is 0 Å². The smallest absolute Gasteiger partial charge is 0.254 e. The van der Waals surface area contributed by atoms with Crippen molar-refractivity contribution in [1.29, 1.82) is 0 Å². The monoisotopic (exact) mass is 512 g/mol. The second-order valence-corrected chi connectivity index (χ2v) is 9.44. The van der Waals surface area contributed by atoms with Crippen LogP contribution in [0.4, 0.5) is 10.1 Å². The van der Waals surface area contributed by atoms with E-state index < -0.39 is 17.6 Å². The van der Waals surface area contributed by atoms with Crippen LogP contribution >= 0.6 is 0 Å². The number of halogens is 1. The molecule has 0 bridgehead atoms. The minimum atomic E-state index is -0.729. The normalized spacial score (nSPS) is 19.0. The maximum absolute atomic E-state index is 14.4. The summed E-state index contributed by atoms with van der Waals surface area (Å²) in [5.74, 6) is -0.876. The summed E-state index contributed by atoms with van der Waals surface area (Å²) in [5, 5.41) is 6.06. The van der Waals surface area contributed by atoms with E-state index in [2.05, 4.69) is 10.6 Å². The Kier molecular flexibility index (Phi) is 7.01. The summed E-state index contributed by atoms with van der Waals surface area (Å²) in [6.45, 7) is 1.80. The minimum Gasteiger partial charge on any atom is -0.493 e. The number of ether oxygens (including phenoxy) is 2. The number of hydrogen-bond donors (Lipinski definition) is 2. The lowest BCUT2D eigenvalue weighted by molar-refractivity contribution is -0.116. The molecule has 2 N–H and O–H groups in total. The first-order valence-electron chi connectivity index (χ1n) is 12.5. The molecule has 2 atom stereocenters. The largest absolute Gasteiger partial charge is 0.493 e. The van der Waals surface area contributed by atoms with Crippen LogP contribution in [0.25, 0.3) is 0 Å². The number of nitrogens with one attached hydrogen (secondary N) is 2. The van der Waals surface area contributed by atoms with Gasteiger partial charge in [-0.25, -0.2) is 4.39 Å². The lowest BCUT2D eigenvalue weighted by Crippen LogP contribution is -2.37. The van der Waals surface area contributed by atoms with E-state index in [1.54, 1.807) is 31.2 Å². The fourth-order valence-corrected chi connectivity index (χ4v) is 5.50. The van der Waals surface area contributed by atoms with Crippen molar-refractivity contribution in [2.24, 2.45) is 0 Å². The van der Waals surface area contributed by atoms with Crippen LogP contribution in [0, 0.1) is 5.82 Å². The van der Waals surface area contributed by atoms with E-state index in [0.29, 0.717) is 46.7 Å². The number of ketones is 1. The minimum absolute atomic E-state index is 0.0180. The Hall–Kier alpha value is -4.39. The zero-order valence-corrected chi connectivity index (χ0v) is 21.5. The highest BCUT2D eigenvalue weighted by Crippen LogP contribution is 2.49. The number of carbonyl (C=O) groups excluding carboxylic acids is 2. The molecule has 1 heterocycles. The summed E-state index contributed by atoms with van der Waals surface area (Å²) >= 11 is 0. The Morgan fingerprint density at radius 2 is 1.68 bits per heavy atom. The summed E-state index contributed by atoms with van der Waals surface area (Å²) < 4.78 is 25.7. The van der Waals surface area contributed by atoms with Crippen LogP contribution in [0.3, 0.4) is 0 Å². The molecule has 0 saturated carbocycles. The number of dihydropyridines is 1. The molecule has 1 aliphatic carbocycles. The van der Waals surface area contributed by atoms with Crippen molar-refractivity contribution in [3.05, 3.63) is 112 Å². The van der Waals surface area contributed by atoms with Crippen LogP contribution in [-0.2, 0) is 9.59 Å². The van der Waals surface area contributed by atoms with Crippen LogP contribution in [-0.4, -0.2) is 25.9 Å². The molecule has 7 heteroatoms. The molecule has 6 nitrogen and oxygen atoms in total. The first kappa shape index (κ1) is 25.3. The molecule has 1 amide bonds. The molecule has 38 heavy (non-hydrogen) atoms. The maximum Gasteiger partial charge on any atom is 0.254 e. The zero-order chi connectivity index (χ0) is 26.8. The molecule has 0 fully saturated rings. The fourth-order valence-electron chi connectivity index (χ4n) is 5.50. The van der Waals surface area contributed by atoms with E-state index in [-0.39, 0.29) is 17.4 Å². The van der Waals surface area contributed by atoms with Crippen molar-refractivity contribution < 1.29 is 23.5 Å². The van der Waals surface area contributed by atoms with Gasteiger partial charge in [-0.05, 0) is 43.0 Å². The molecule has 3 aromatic rings. The Bertz CT molecular complexity index is 1460. The number of anilines is 1. The van der Waals surface area contributed by atoms with Crippen molar-refractivity contribution >= 4 is 17.4 Å². The van der Waals surface area contributed by atoms with Crippen LogP contribution in [0.5, 0.6) is 11.5 Å². The number of carbonyl (C=O) groups is 2. The van der Waals surface area contributed by atoms with Crippen molar-refractivity contribution in [2.45, 2.75) is 31.6 Å². The zero-order valence-electron chi connectivity index (χ0n) is 21.5. The number of allylic oxidation sites excluding steroid dienone is 3. The summed E-state index contributed by atoms with van der Waals surface area (Å²) in [7, 11) is 3.07. The number of benzene rings is 3. The van der Waals surface area contributed by atoms with Crippen molar-refractivity contribution in [2.75, 3.05) is 19.5 Å². The van der Waals surface area contributed by atoms with Gasteiger partial charge in [0.05, 0.1) is 25.8 Å². The highest BCUT2D eigenvalue weighted by Gasteiger charge is 2.42. The van der Waals surface area contributed by atoms with E-state index in [0.717, 1.165) is 11.3 Å². The van der Waals surface area contributed by atoms with Gasteiger partial charge in [0.2, 0.25) is 0 Å². The van der Waals surface area contributed by atoms with E-state index in [4.69, 9.17) is 9.47 Å². The maximum atomic E-state index is 14.4. The quantitative estimate of drug-likeness (QED) is 0.434. The second-order valence-electron chi connectivity index (χ2n) is 9.44. The van der Waals surface area contributed by atoms with E-state index in [1.807, 2.05) is 36.4 Å². The van der Waals surface area contributed by atoms with Crippen LogP contribution < -0.4 is 20.1 Å². The lowest BCUT2D eigenvalue weighted by Gasteiger charge is -2.37. The topological polar surface area (TPSA) is 76.7 Å². The third-order valence-electron chi connectivity index (χ3n) is 7.21. The van der Waals surface area contributed by atoms with Gasteiger partial charge < -0.3 is 20.1 Å². The number of Topliss-reactive ketones (excluding diaryl/α,β-unsaturated/α-hetero) is 1. The third kappa shape index (κ3) is 4.56. The molecule has 0 saturated heterocycles. The highest BCUT2D eigenvalue weighted by molar-refractivity contribution is 6.10. The van der Waals surface area contributed by atoms with Crippen molar-refractivity contribution in [3.63, 3.8) is 0 Å². The van der Waals surface area contributed by atoms with Gasteiger partial charge in [-0.1, -0.05) is 54.6 Å². The average Bonchev–Trinajstić information content (AvgIpc) is 2.93. The van der Waals surface area contributed by atoms with Gasteiger partial charge >= 0.3 is 0 Å². The lowest BCUT2D eigenvalue weighted by atomic mass is 9.71. The molecule has 2 aliphatic rings. The Morgan fingerprint density at radius 3 is 2.39 bits per heavy atom. The van der Waals surface area contributed by atoms with Crippen LogP contribution in [0.1, 0.15) is 42.7 Å². The average molecular weight is 513 g/mol. The number of methoxy groups -OCH3 is 2. The Labute approximate surface area is 221 Å². The molecule has 5 rings (SSSR count). The van der Waals surface area contributed by atoms with E-state index in [9.17, 15) is 14.0 Å². The van der Waals surface area contributed by atoms with Gasteiger partial charge in [0, 0.05) is 34.5 Å². The number of para-hydroxylation sites is 2. The standard InChI is InChI=1S/C31H29FN2O4/c1-18-27(31(36)34-23-14-8-7-13-22(23)32)28(21-12-9-15-26(37-2)30(21)38-3)29-24(33-18)16-20(17-25(29)35)19-10-5-4-6-11-19/h4-15,20,28,33H,16-17H2,1-3H3,(H,34,36). The molecule has 0 spiro atoms. The van der Waals surface area contributed by atoms with Gasteiger partial charge in [0.25, 0.3) is 5.91 Å². The molecule has 3 aromatic carbocycles. The molecule has 0 radical (unpaired) electrons. The second kappa shape index (κ2) is 10.5. The molecular formula is C31H29FN2O4. The Morgan fingerprint density at radius 1 is 0.947 bits per heavy atom. The summed E-state index contributed by atoms with van der Waals surface area (Å²) in [4.78, 5) is 27.6. The molecule has 0 aromatic heterocycles. The predicted molar refractivity (Wildman–Crippen MR) is 144 cm³/mol. The number of amides is 1. The predicted octanol–water partition coefficient (Wildman–Crippen LogP) is 5.84. The molecule has 2 unspecified atom stereocenters. The third-order valence-corrected chi connectivity index (χ3v) is 7.21. The first-order valence-corrected chi connectivity index (χ1v) is 12.5. The van der Waals surface area contributed by atoms with Gasteiger partial charge in [0.15, 0.2) is 17.3 Å². The number of rotatable bonds is 6. The summed E-state index contributed by atoms with van der Waals surface area (Å²) in [6.07, 6.45) is 0.933. The van der Waals surface area contributed by atoms with E-state index in [1.165, 1.54) is 26.4 Å². The van der Waals surface area contributed by atoms with Crippen molar-refractivity contribution in [1.82, 2.24) is 5.32 Å². The summed E-state index contributed by atoms with van der Waals surface area (Å²) in [5.41, 5.74) is 4.00. The SMILES string of the molecule is COc1cccc(C2C(C(=O)Nc3ccccc3F)=C(C)NC3=C2C(=O)CC(c2ccccc2)C3)c1OC. The van der Waals surface area contributed by atoms with Gasteiger partial charge in [-0.3, -0.25) is 9.59 Å². The van der Waals surface area contributed by atoms with Crippen molar-refractivity contribution in [3.8, 4) is 11.5 Å². The fraction of sp³-hybridized carbons (Fsp3) is 0.226. The molecule has 194 valence electrons. The highest BCUT2D eigenvalue weighted by atomic mass is 19.1. The number of hydrogen-bond acceptors (Lipinski definition) is 5. The van der Waals surface area contributed by atoms with Gasteiger partial charge in [-0.2, -0.15) is 0 Å². The van der Waals surface area contributed by atoms with Gasteiger partial charge in [0.1, 0.15) is 5.82 Å². The van der Waals surface area contributed by atoms with Crippen LogP contribution in [0.2, 0.25) is 0 Å².